The van der Waals surface area contributed by atoms with E-state index in [9.17, 15) is 0 Å². The lowest BCUT2D eigenvalue weighted by molar-refractivity contribution is 1.11. The van der Waals surface area contributed by atoms with Crippen LogP contribution >= 0.6 is 11.6 Å². The van der Waals surface area contributed by atoms with E-state index in [4.69, 9.17) is 11.6 Å². The van der Waals surface area contributed by atoms with Crippen LogP contribution < -0.4 is 5.32 Å². The predicted molar refractivity (Wildman–Crippen MR) is 66.8 cm³/mol. The van der Waals surface area contributed by atoms with E-state index in [1.54, 1.807) is 0 Å². The quantitative estimate of drug-likeness (QED) is 0.866. The second-order valence-electron chi connectivity index (χ2n) is 3.45. The van der Waals surface area contributed by atoms with E-state index in [0.717, 1.165) is 17.1 Å². The molecular weight excluding hydrogens is 222 g/mol. The molecule has 1 aromatic carbocycles. The van der Waals surface area contributed by atoms with Crippen molar-refractivity contribution in [3.05, 3.63) is 41.0 Å². The van der Waals surface area contributed by atoms with Gasteiger partial charge in [0.05, 0.1) is 5.02 Å². The van der Waals surface area contributed by atoms with E-state index in [1.807, 2.05) is 44.3 Å². The van der Waals surface area contributed by atoms with Crippen LogP contribution in [0.2, 0.25) is 5.02 Å². The molecule has 0 saturated heterocycles. The summed E-state index contributed by atoms with van der Waals surface area (Å²) in [6.07, 6.45) is 0. The molecule has 0 spiro atoms. The molecule has 0 amide bonds. The molecule has 1 aromatic heterocycles. The van der Waals surface area contributed by atoms with Crippen molar-refractivity contribution in [1.29, 1.82) is 0 Å². The highest BCUT2D eigenvalue weighted by molar-refractivity contribution is 6.33. The largest absolute Gasteiger partial charge is 0.373 e. The van der Waals surface area contributed by atoms with Gasteiger partial charge in [-0.05, 0) is 19.1 Å². The molecule has 0 atom stereocenters. The van der Waals surface area contributed by atoms with E-state index in [0.29, 0.717) is 10.8 Å². The van der Waals surface area contributed by atoms with Crippen LogP contribution in [0, 0.1) is 6.92 Å². The second-order valence-corrected chi connectivity index (χ2v) is 3.86. The van der Waals surface area contributed by atoms with Crippen molar-refractivity contribution in [1.82, 2.24) is 9.97 Å². The van der Waals surface area contributed by atoms with E-state index >= 15 is 0 Å². The zero-order chi connectivity index (χ0) is 11.5. The van der Waals surface area contributed by atoms with Gasteiger partial charge in [-0.25, -0.2) is 9.97 Å². The first-order valence-corrected chi connectivity index (χ1v) is 5.37. The summed E-state index contributed by atoms with van der Waals surface area (Å²) in [5, 5.41) is 3.67. The maximum atomic E-state index is 6.11. The van der Waals surface area contributed by atoms with Gasteiger partial charge >= 0.3 is 0 Å². The van der Waals surface area contributed by atoms with Crippen molar-refractivity contribution in [3.63, 3.8) is 0 Å². The molecule has 0 fully saturated rings. The van der Waals surface area contributed by atoms with Crippen molar-refractivity contribution in [3.8, 4) is 11.4 Å². The Morgan fingerprint density at radius 2 is 1.94 bits per heavy atom. The molecule has 0 radical (unpaired) electrons. The predicted octanol–water partition coefficient (Wildman–Crippen LogP) is 3.15. The number of aryl methyl sites for hydroxylation is 1. The summed E-state index contributed by atoms with van der Waals surface area (Å²) in [5.41, 5.74) is 1.76. The molecule has 0 unspecified atom stereocenters. The minimum absolute atomic E-state index is 0.648. The number of nitrogens with zero attached hydrogens (tertiary/aromatic N) is 2. The fourth-order valence-electron chi connectivity index (χ4n) is 1.46. The molecule has 2 aromatic rings. The zero-order valence-electron chi connectivity index (χ0n) is 9.16. The van der Waals surface area contributed by atoms with Crippen molar-refractivity contribution in [2.45, 2.75) is 6.92 Å². The standard InChI is InChI=1S/C12H12ClN3/c1-8-7-11(14-2)16-12(15-8)9-5-3-4-6-10(9)13/h3-7H,1-2H3,(H,14,15,16). The zero-order valence-corrected chi connectivity index (χ0v) is 9.92. The molecule has 3 nitrogen and oxygen atoms in total. The fourth-order valence-corrected chi connectivity index (χ4v) is 1.68. The summed E-state index contributed by atoms with van der Waals surface area (Å²) in [7, 11) is 1.83. The Labute approximate surface area is 99.5 Å². The molecular formula is C12H12ClN3. The molecule has 1 heterocycles. The van der Waals surface area contributed by atoms with Crippen LogP contribution in [-0.4, -0.2) is 17.0 Å². The average molecular weight is 234 g/mol. The number of aromatic nitrogens is 2. The van der Waals surface area contributed by atoms with Crippen LogP contribution in [0.1, 0.15) is 5.69 Å². The number of nitrogens with one attached hydrogen (secondary N) is 1. The molecule has 0 aliphatic rings. The highest BCUT2D eigenvalue weighted by Crippen LogP contribution is 2.25. The smallest absolute Gasteiger partial charge is 0.163 e. The topological polar surface area (TPSA) is 37.8 Å². The van der Waals surface area contributed by atoms with Gasteiger partial charge in [0.15, 0.2) is 5.82 Å². The van der Waals surface area contributed by atoms with Crippen molar-refractivity contribution >= 4 is 17.4 Å². The third-order valence-electron chi connectivity index (χ3n) is 2.23. The molecule has 2 rings (SSSR count). The summed E-state index contributed by atoms with van der Waals surface area (Å²) in [5.74, 6) is 1.44. The number of halogens is 1. The Morgan fingerprint density at radius 1 is 1.19 bits per heavy atom. The molecule has 0 saturated carbocycles. The average Bonchev–Trinajstić information content (AvgIpc) is 2.28. The first-order valence-electron chi connectivity index (χ1n) is 4.99. The van der Waals surface area contributed by atoms with E-state index < -0.39 is 0 Å². The van der Waals surface area contributed by atoms with Gasteiger partial charge in [-0.3, -0.25) is 0 Å². The summed E-state index contributed by atoms with van der Waals surface area (Å²) in [6.45, 7) is 1.93. The SMILES string of the molecule is CNc1cc(C)nc(-c2ccccc2Cl)n1. The Balaban J connectivity index is 2.56. The summed E-state index contributed by atoms with van der Waals surface area (Å²) in [6, 6.07) is 9.45. The summed E-state index contributed by atoms with van der Waals surface area (Å²) < 4.78 is 0. The maximum absolute atomic E-state index is 6.11. The van der Waals surface area contributed by atoms with Crippen LogP contribution in [0.3, 0.4) is 0 Å². The maximum Gasteiger partial charge on any atom is 0.163 e. The number of benzene rings is 1. The summed E-state index contributed by atoms with van der Waals surface area (Å²) in [4.78, 5) is 8.75. The van der Waals surface area contributed by atoms with Crippen LogP contribution in [0.5, 0.6) is 0 Å². The Bertz CT molecular complexity index is 511. The van der Waals surface area contributed by atoms with Gasteiger partial charge in [0, 0.05) is 24.4 Å². The van der Waals surface area contributed by atoms with Crippen molar-refractivity contribution in [2.75, 3.05) is 12.4 Å². The van der Waals surface area contributed by atoms with E-state index in [1.165, 1.54) is 0 Å². The minimum atomic E-state index is 0.648. The molecule has 0 bridgehead atoms. The number of hydrogen-bond acceptors (Lipinski definition) is 3. The van der Waals surface area contributed by atoms with E-state index in [2.05, 4.69) is 15.3 Å². The molecule has 16 heavy (non-hydrogen) atoms. The lowest BCUT2D eigenvalue weighted by atomic mass is 10.2. The van der Waals surface area contributed by atoms with Crippen LogP contribution in [0.25, 0.3) is 11.4 Å². The van der Waals surface area contributed by atoms with Gasteiger partial charge in [0.1, 0.15) is 5.82 Å². The molecule has 4 heteroatoms. The van der Waals surface area contributed by atoms with Gasteiger partial charge in [0.2, 0.25) is 0 Å². The fraction of sp³-hybridized carbons (Fsp3) is 0.167. The van der Waals surface area contributed by atoms with Gasteiger partial charge in [-0.15, -0.1) is 0 Å². The lowest BCUT2D eigenvalue weighted by Gasteiger charge is -2.06. The Hall–Kier alpha value is -1.61. The third-order valence-corrected chi connectivity index (χ3v) is 2.55. The first kappa shape index (κ1) is 10.9. The highest BCUT2D eigenvalue weighted by atomic mass is 35.5. The molecule has 82 valence electrons. The molecule has 0 aliphatic carbocycles. The van der Waals surface area contributed by atoms with Crippen molar-refractivity contribution < 1.29 is 0 Å². The van der Waals surface area contributed by atoms with Gasteiger partial charge in [-0.1, -0.05) is 23.7 Å². The second kappa shape index (κ2) is 4.49. The van der Waals surface area contributed by atoms with Gasteiger partial charge in [0.25, 0.3) is 0 Å². The van der Waals surface area contributed by atoms with Crippen LogP contribution in [-0.2, 0) is 0 Å². The first-order chi connectivity index (χ1) is 7.70. The van der Waals surface area contributed by atoms with E-state index in [-0.39, 0.29) is 0 Å². The third kappa shape index (κ3) is 2.14. The number of hydrogen-bond donors (Lipinski definition) is 1. The lowest BCUT2D eigenvalue weighted by Crippen LogP contribution is -1.98. The van der Waals surface area contributed by atoms with Gasteiger partial charge in [-0.2, -0.15) is 0 Å². The summed E-state index contributed by atoms with van der Waals surface area (Å²) >= 11 is 6.11. The van der Waals surface area contributed by atoms with Crippen molar-refractivity contribution in [2.24, 2.45) is 0 Å². The normalized spacial score (nSPS) is 10.2. The molecule has 0 aliphatic heterocycles. The highest BCUT2D eigenvalue weighted by Gasteiger charge is 2.07. The van der Waals surface area contributed by atoms with Crippen LogP contribution in [0.4, 0.5) is 5.82 Å². The molecule has 1 N–H and O–H groups in total. The Kier molecular flexibility index (Phi) is 3.06. The minimum Gasteiger partial charge on any atom is -0.373 e. The number of anilines is 1. The monoisotopic (exact) mass is 233 g/mol. The Morgan fingerprint density at radius 3 is 2.62 bits per heavy atom. The number of rotatable bonds is 2. The van der Waals surface area contributed by atoms with Crippen LogP contribution in [0.15, 0.2) is 30.3 Å². The van der Waals surface area contributed by atoms with Gasteiger partial charge < -0.3 is 5.32 Å².